The van der Waals surface area contributed by atoms with Gasteiger partial charge >= 0.3 is 5.97 Å². The molecule has 0 saturated carbocycles. The number of aromatic nitrogens is 3. The van der Waals surface area contributed by atoms with Gasteiger partial charge in [0.25, 0.3) is 0 Å². The summed E-state index contributed by atoms with van der Waals surface area (Å²) in [5, 5.41) is 14.8. The zero-order valence-corrected chi connectivity index (χ0v) is 17.2. The van der Waals surface area contributed by atoms with E-state index in [1.54, 1.807) is 22.9 Å². The van der Waals surface area contributed by atoms with E-state index >= 15 is 0 Å². The molecule has 0 fully saturated rings. The van der Waals surface area contributed by atoms with Gasteiger partial charge in [0.15, 0.2) is 5.43 Å². The second-order valence-corrected chi connectivity index (χ2v) is 7.29. The lowest BCUT2D eigenvalue weighted by molar-refractivity contribution is 0.0695. The Kier molecular flexibility index (Phi) is 5.63. The van der Waals surface area contributed by atoms with Crippen LogP contribution in [0, 0.1) is 6.92 Å². The topological polar surface area (TPSA) is 77.1 Å². The Morgan fingerprint density at radius 1 is 1.18 bits per heavy atom. The molecule has 0 saturated heterocycles. The molecule has 28 heavy (non-hydrogen) atoms. The molecule has 0 amide bonds. The summed E-state index contributed by atoms with van der Waals surface area (Å²) in [7, 11) is 1.85. The number of hydrogen-bond donors (Lipinski definition) is 1. The normalized spacial score (nSPS) is 11.0. The van der Waals surface area contributed by atoms with E-state index in [0.29, 0.717) is 34.9 Å². The predicted octanol–water partition coefficient (Wildman–Crippen LogP) is 4.17. The van der Waals surface area contributed by atoms with Crippen LogP contribution in [0.25, 0.3) is 11.3 Å². The largest absolute Gasteiger partial charge is 0.477 e. The number of carboxylic acid groups (broad SMARTS) is 1. The van der Waals surface area contributed by atoms with Gasteiger partial charge in [-0.25, -0.2) is 4.79 Å². The summed E-state index contributed by atoms with van der Waals surface area (Å²) in [5.41, 5.74) is 2.45. The number of carbonyl (C=O) groups is 1. The molecular formula is C20H19Cl2N3O3. The van der Waals surface area contributed by atoms with E-state index in [1.165, 1.54) is 6.07 Å². The molecule has 0 radical (unpaired) electrons. The fourth-order valence-electron chi connectivity index (χ4n) is 3.26. The minimum Gasteiger partial charge on any atom is -0.477 e. The van der Waals surface area contributed by atoms with Crippen molar-refractivity contribution in [1.82, 2.24) is 14.3 Å². The minimum absolute atomic E-state index is 0.288. The van der Waals surface area contributed by atoms with Gasteiger partial charge < -0.3 is 9.67 Å². The Morgan fingerprint density at radius 2 is 1.89 bits per heavy atom. The average Bonchev–Trinajstić information content (AvgIpc) is 2.93. The van der Waals surface area contributed by atoms with Crippen molar-refractivity contribution in [1.29, 1.82) is 0 Å². The Hall–Kier alpha value is -2.57. The highest BCUT2D eigenvalue weighted by Gasteiger charge is 2.22. The first-order valence-corrected chi connectivity index (χ1v) is 9.43. The lowest BCUT2D eigenvalue weighted by atomic mass is 10.0. The number of rotatable bonds is 5. The minimum atomic E-state index is -1.28. The highest BCUT2D eigenvalue weighted by Crippen LogP contribution is 2.31. The van der Waals surface area contributed by atoms with Gasteiger partial charge in [0.2, 0.25) is 0 Å². The van der Waals surface area contributed by atoms with Gasteiger partial charge in [0.1, 0.15) is 5.56 Å². The van der Waals surface area contributed by atoms with Crippen LogP contribution in [0.1, 0.15) is 34.4 Å². The summed E-state index contributed by atoms with van der Waals surface area (Å²) in [6, 6.07) is 8.14. The molecule has 0 atom stereocenters. The monoisotopic (exact) mass is 419 g/mol. The predicted molar refractivity (Wildman–Crippen MR) is 110 cm³/mol. The maximum absolute atomic E-state index is 12.7. The lowest BCUT2D eigenvalue weighted by Crippen LogP contribution is -2.23. The molecule has 0 aliphatic heterocycles. The van der Waals surface area contributed by atoms with Gasteiger partial charge in [0, 0.05) is 43.0 Å². The van der Waals surface area contributed by atoms with E-state index in [2.05, 4.69) is 5.10 Å². The second kappa shape index (κ2) is 7.81. The third-order valence-corrected chi connectivity index (χ3v) is 5.39. The first-order valence-electron chi connectivity index (χ1n) is 8.67. The highest BCUT2D eigenvalue weighted by atomic mass is 35.5. The number of carboxylic acids is 1. The molecule has 0 aliphatic rings. The molecule has 1 aromatic carbocycles. The number of nitrogens with zero attached hydrogens (tertiary/aromatic N) is 3. The van der Waals surface area contributed by atoms with Crippen molar-refractivity contribution in [2.75, 3.05) is 0 Å². The number of halogens is 2. The molecule has 1 N–H and O–H groups in total. The molecule has 0 unspecified atom stereocenters. The van der Waals surface area contributed by atoms with E-state index in [-0.39, 0.29) is 10.6 Å². The standard InChI is InChI=1S/C20H19Cl2N3O3/c1-4-25-14(9-13-7-11(2)24(3)23-13)10-17(26)18(20(27)28)19(25)12-5-6-15(21)16(22)8-12/h5-8,10H,4,9H2,1-3H3,(H,27,28). The van der Waals surface area contributed by atoms with Crippen molar-refractivity contribution in [2.24, 2.45) is 7.05 Å². The molecule has 146 valence electrons. The molecule has 3 aromatic rings. The third kappa shape index (κ3) is 3.70. The number of aromatic carboxylic acids is 1. The van der Waals surface area contributed by atoms with Crippen molar-refractivity contribution in [3.63, 3.8) is 0 Å². The van der Waals surface area contributed by atoms with Crippen LogP contribution in [0.2, 0.25) is 10.0 Å². The summed E-state index contributed by atoms with van der Waals surface area (Å²) in [5.74, 6) is -1.28. The maximum Gasteiger partial charge on any atom is 0.341 e. The zero-order valence-electron chi connectivity index (χ0n) is 15.7. The van der Waals surface area contributed by atoms with E-state index in [0.717, 1.165) is 11.4 Å². The van der Waals surface area contributed by atoms with Crippen LogP contribution in [0.15, 0.2) is 35.1 Å². The molecule has 2 heterocycles. The Labute approximate surface area is 171 Å². The van der Waals surface area contributed by atoms with Crippen molar-refractivity contribution < 1.29 is 9.90 Å². The summed E-state index contributed by atoms with van der Waals surface area (Å²) in [6.45, 7) is 4.31. The van der Waals surface area contributed by atoms with Crippen LogP contribution in [0.5, 0.6) is 0 Å². The lowest BCUT2D eigenvalue weighted by Gasteiger charge is -2.19. The molecule has 0 bridgehead atoms. The van der Waals surface area contributed by atoms with Crippen LogP contribution in [0.4, 0.5) is 0 Å². The van der Waals surface area contributed by atoms with E-state index in [4.69, 9.17) is 23.2 Å². The van der Waals surface area contributed by atoms with Crippen LogP contribution in [-0.4, -0.2) is 25.4 Å². The van der Waals surface area contributed by atoms with Crippen LogP contribution >= 0.6 is 23.2 Å². The van der Waals surface area contributed by atoms with Crippen LogP contribution < -0.4 is 5.43 Å². The number of pyridine rings is 1. The average molecular weight is 420 g/mol. The second-order valence-electron chi connectivity index (χ2n) is 6.48. The molecule has 3 rings (SSSR count). The smallest absolute Gasteiger partial charge is 0.341 e. The fourth-order valence-corrected chi connectivity index (χ4v) is 3.56. The summed E-state index contributed by atoms with van der Waals surface area (Å²) in [6.07, 6.45) is 0.402. The van der Waals surface area contributed by atoms with E-state index in [9.17, 15) is 14.7 Å². The van der Waals surface area contributed by atoms with Crippen molar-refractivity contribution in [3.05, 3.63) is 73.2 Å². The van der Waals surface area contributed by atoms with Gasteiger partial charge in [-0.2, -0.15) is 5.10 Å². The molecule has 0 aliphatic carbocycles. The Morgan fingerprint density at radius 3 is 2.43 bits per heavy atom. The molecular weight excluding hydrogens is 401 g/mol. The van der Waals surface area contributed by atoms with Gasteiger partial charge in [-0.1, -0.05) is 29.3 Å². The van der Waals surface area contributed by atoms with Crippen molar-refractivity contribution in [3.8, 4) is 11.3 Å². The van der Waals surface area contributed by atoms with Gasteiger partial charge in [-0.15, -0.1) is 0 Å². The van der Waals surface area contributed by atoms with Crippen LogP contribution in [-0.2, 0) is 20.0 Å². The van der Waals surface area contributed by atoms with E-state index in [1.807, 2.05) is 31.5 Å². The van der Waals surface area contributed by atoms with E-state index < -0.39 is 11.4 Å². The Balaban J connectivity index is 2.28. The molecule has 0 spiro atoms. The third-order valence-electron chi connectivity index (χ3n) is 4.65. The number of benzene rings is 1. The Bertz CT molecular complexity index is 1110. The quantitative estimate of drug-likeness (QED) is 0.672. The maximum atomic E-state index is 12.7. The van der Waals surface area contributed by atoms with Gasteiger partial charge in [-0.3, -0.25) is 9.48 Å². The number of aryl methyl sites for hydroxylation is 2. The number of hydrogen-bond acceptors (Lipinski definition) is 3. The molecule has 8 heteroatoms. The molecule has 6 nitrogen and oxygen atoms in total. The molecule has 2 aromatic heterocycles. The fraction of sp³-hybridized carbons (Fsp3) is 0.250. The summed E-state index contributed by atoms with van der Waals surface area (Å²) < 4.78 is 3.57. The first-order chi connectivity index (χ1) is 13.2. The van der Waals surface area contributed by atoms with Crippen molar-refractivity contribution >= 4 is 29.2 Å². The van der Waals surface area contributed by atoms with Gasteiger partial charge in [-0.05, 0) is 32.0 Å². The highest BCUT2D eigenvalue weighted by molar-refractivity contribution is 6.42. The van der Waals surface area contributed by atoms with Crippen LogP contribution in [0.3, 0.4) is 0 Å². The summed E-state index contributed by atoms with van der Waals surface area (Å²) >= 11 is 12.1. The van der Waals surface area contributed by atoms with Crippen molar-refractivity contribution in [2.45, 2.75) is 26.8 Å². The summed E-state index contributed by atoms with van der Waals surface area (Å²) in [4.78, 5) is 24.5. The first kappa shape index (κ1) is 20.2. The SMILES string of the molecule is CCn1c(Cc2cc(C)n(C)n2)cc(=O)c(C(=O)O)c1-c1ccc(Cl)c(Cl)c1. The zero-order chi connectivity index (χ0) is 20.6. The van der Waals surface area contributed by atoms with Gasteiger partial charge in [0.05, 0.1) is 21.4 Å².